The maximum Gasteiger partial charge on any atom is 0.269 e. The summed E-state index contributed by atoms with van der Waals surface area (Å²) in [5, 5.41) is 15.9. The van der Waals surface area contributed by atoms with Crippen LogP contribution in [-0.2, 0) is 9.53 Å². The van der Waals surface area contributed by atoms with Gasteiger partial charge in [0.05, 0.1) is 13.2 Å². The highest BCUT2D eigenvalue weighted by molar-refractivity contribution is 5.93. The van der Waals surface area contributed by atoms with Gasteiger partial charge in [0.15, 0.2) is 0 Å². The van der Waals surface area contributed by atoms with Crippen LogP contribution in [0.25, 0.3) is 0 Å². The van der Waals surface area contributed by atoms with E-state index in [9.17, 15) is 4.79 Å². The van der Waals surface area contributed by atoms with E-state index in [-0.39, 0.29) is 17.9 Å². The largest absolute Gasteiger partial charge is 0.378 e. The second-order valence-corrected chi connectivity index (χ2v) is 4.99. The van der Waals surface area contributed by atoms with Crippen LogP contribution in [0.1, 0.15) is 25.7 Å². The Kier molecular flexibility index (Phi) is 3.69. The monoisotopic (exact) mass is 266 g/mol. The van der Waals surface area contributed by atoms with Crippen LogP contribution in [-0.4, -0.2) is 63.3 Å². The first-order valence-corrected chi connectivity index (χ1v) is 6.72. The van der Waals surface area contributed by atoms with E-state index >= 15 is 0 Å². The number of nitrogens with one attached hydrogen (secondary N) is 2. The van der Waals surface area contributed by atoms with Crippen molar-refractivity contribution >= 4 is 11.9 Å². The Morgan fingerprint density at radius 2 is 2.26 bits per heavy atom. The van der Waals surface area contributed by atoms with Crippen molar-refractivity contribution in [1.29, 1.82) is 0 Å². The van der Waals surface area contributed by atoms with Gasteiger partial charge < -0.3 is 4.74 Å². The van der Waals surface area contributed by atoms with Gasteiger partial charge in [-0.15, -0.1) is 5.10 Å². The number of aromatic amines is 1. The molecule has 0 spiro atoms. The summed E-state index contributed by atoms with van der Waals surface area (Å²) in [4.78, 5) is 14.5. The molecule has 1 aliphatic heterocycles. The molecule has 2 heterocycles. The second kappa shape index (κ2) is 5.62. The van der Waals surface area contributed by atoms with E-state index < -0.39 is 0 Å². The Bertz CT molecular complexity index is 417. The molecule has 8 nitrogen and oxygen atoms in total. The van der Waals surface area contributed by atoms with E-state index in [4.69, 9.17) is 4.74 Å². The van der Waals surface area contributed by atoms with E-state index in [2.05, 4.69) is 30.8 Å². The molecule has 1 aliphatic carbocycles. The number of morpholine rings is 1. The summed E-state index contributed by atoms with van der Waals surface area (Å²) in [7, 11) is 0. The van der Waals surface area contributed by atoms with Crippen molar-refractivity contribution in [2.24, 2.45) is 0 Å². The van der Waals surface area contributed by atoms with Crippen LogP contribution in [0.5, 0.6) is 0 Å². The number of aromatic nitrogens is 4. The van der Waals surface area contributed by atoms with Gasteiger partial charge in [0, 0.05) is 12.6 Å². The number of H-pyrrole nitrogens is 1. The average Bonchev–Trinajstić information content (AvgIpc) is 3.11. The molecule has 1 aromatic heterocycles. The lowest BCUT2D eigenvalue weighted by molar-refractivity contribution is -0.129. The smallest absolute Gasteiger partial charge is 0.269 e. The van der Waals surface area contributed by atoms with Crippen LogP contribution >= 0.6 is 0 Å². The van der Waals surface area contributed by atoms with Crippen molar-refractivity contribution < 1.29 is 9.53 Å². The fourth-order valence-corrected chi connectivity index (χ4v) is 2.92. The molecule has 1 saturated heterocycles. The highest BCUT2D eigenvalue weighted by Gasteiger charge is 2.35. The molecule has 2 aliphatic rings. The van der Waals surface area contributed by atoms with Crippen LogP contribution < -0.4 is 5.32 Å². The number of ether oxygens (including phenoxy) is 1. The SMILES string of the molecule is O=C(Nc1nn[nH]n1)C1COCCN1C1CCCC1. The van der Waals surface area contributed by atoms with Gasteiger partial charge in [-0.05, 0) is 18.1 Å². The zero-order valence-electron chi connectivity index (χ0n) is 10.7. The summed E-state index contributed by atoms with van der Waals surface area (Å²) in [6.07, 6.45) is 4.85. The van der Waals surface area contributed by atoms with Crippen molar-refractivity contribution in [1.82, 2.24) is 25.5 Å². The van der Waals surface area contributed by atoms with Gasteiger partial charge >= 0.3 is 0 Å². The number of amides is 1. The van der Waals surface area contributed by atoms with Gasteiger partial charge in [0.2, 0.25) is 5.91 Å². The van der Waals surface area contributed by atoms with E-state index in [0.29, 0.717) is 19.3 Å². The number of hydrogen-bond donors (Lipinski definition) is 2. The maximum atomic E-state index is 12.3. The first-order valence-electron chi connectivity index (χ1n) is 6.72. The minimum atomic E-state index is -0.254. The van der Waals surface area contributed by atoms with Gasteiger partial charge in [0.1, 0.15) is 6.04 Å². The summed E-state index contributed by atoms with van der Waals surface area (Å²) >= 11 is 0. The Morgan fingerprint density at radius 3 is 3.00 bits per heavy atom. The number of tetrazole rings is 1. The second-order valence-electron chi connectivity index (χ2n) is 4.99. The molecule has 1 aromatic rings. The number of hydrogen-bond acceptors (Lipinski definition) is 6. The molecule has 0 bridgehead atoms. The van der Waals surface area contributed by atoms with Gasteiger partial charge in [-0.3, -0.25) is 15.0 Å². The average molecular weight is 266 g/mol. The van der Waals surface area contributed by atoms with Crippen LogP contribution in [0.4, 0.5) is 5.95 Å². The molecule has 1 unspecified atom stereocenters. The zero-order valence-corrected chi connectivity index (χ0v) is 10.7. The third-order valence-corrected chi connectivity index (χ3v) is 3.85. The molecular formula is C11H18N6O2. The van der Waals surface area contributed by atoms with E-state index in [1.165, 1.54) is 25.7 Å². The normalized spacial score (nSPS) is 25.6. The zero-order chi connectivity index (χ0) is 13.1. The summed E-state index contributed by atoms with van der Waals surface area (Å²) in [6.45, 7) is 1.94. The van der Waals surface area contributed by atoms with Crippen molar-refractivity contribution in [3.63, 3.8) is 0 Å². The quantitative estimate of drug-likeness (QED) is 0.785. The molecule has 19 heavy (non-hydrogen) atoms. The van der Waals surface area contributed by atoms with Crippen LogP contribution in [0, 0.1) is 0 Å². The molecule has 2 fully saturated rings. The lowest BCUT2D eigenvalue weighted by atomic mass is 10.1. The number of anilines is 1. The lowest BCUT2D eigenvalue weighted by Crippen LogP contribution is -2.55. The number of carbonyl (C=O) groups excluding carboxylic acids is 1. The molecule has 1 amide bonds. The van der Waals surface area contributed by atoms with Crippen LogP contribution in [0.15, 0.2) is 0 Å². The Balaban J connectivity index is 1.67. The molecule has 104 valence electrons. The Morgan fingerprint density at radius 1 is 1.42 bits per heavy atom. The van der Waals surface area contributed by atoms with Gasteiger partial charge in [0.25, 0.3) is 5.95 Å². The molecule has 1 atom stereocenters. The van der Waals surface area contributed by atoms with Crippen LogP contribution in [0.2, 0.25) is 0 Å². The van der Waals surface area contributed by atoms with Crippen molar-refractivity contribution in [3.05, 3.63) is 0 Å². The third-order valence-electron chi connectivity index (χ3n) is 3.85. The third kappa shape index (κ3) is 2.74. The van der Waals surface area contributed by atoms with Crippen molar-refractivity contribution in [2.45, 2.75) is 37.8 Å². The molecule has 3 rings (SSSR count). The van der Waals surface area contributed by atoms with E-state index in [1.54, 1.807) is 0 Å². The van der Waals surface area contributed by atoms with E-state index in [1.807, 2.05) is 0 Å². The fraction of sp³-hybridized carbons (Fsp3) is 0.818. The molecule has 0 aromatic carbocycles. The first-order chi connectivity index (χ1) is 9.34. The Labute approximate surface area is 110 Å². The summed E-state index contributed by atoms with van der Waals surface area (Å²) in [6, 6.07) is 0.250. The minimum absolute atomic E-state index is 0.118. The first kappa shape index (κ1) is 12.5. The maximum absolute atomic E-state index is 12.3. The van der Waals surface area contributed by atoms with Gasteiger partial charge in [-0.25, -0.2) is 0 Å². The number of rotatable bonds is 3. The predicted octanol–water partition coefficient (Wildman–Crippen LogP) is -0.218. The standard InChI is InChI=1S/C11H18N6O2/c18-10(12-11-13-15-16-14-11)9-7-19-6-5-17(9)8-3-1-2-4-8/h8-9H,1-7H2,(H2,12,13,14,15,16,18). The molecule has 2 N–H and O–H groups in total. The molecule has 8 heteroatoms. The highest BCUT2D eigenvalue weighted by Crippen LogP contribution is 2.26. The molecule has 1 saturated carbocycles. The Hall–Kier alpha value is -1.54. The van der Waals surface area contributed by atoms with Crippen LogP contribution in [0.3, 0.4) is 0 Å². The highest BCUT2D eigenvalue weighted by atomic mass is 16.5. The molecule has 0 radical (unpaired) electrons. The van der Waals surface area contributed by atoms with Crippen molar-refractivity contribution in [3.8, 4) is 0 Å². The lowest BCUT2D eigenvalue weighted by Gasteiger charge is -2.38. The number of nitrogens with zero attached hydrogens (tertiary/aromatic N) is 4. The van der Waals surface area contributed by atoms with E-state index in [0.717, 1.165) is 6.54 Å². The van der Waals surface area contributed by atoms with Gasteiger partial charge in [-0.2, -0.15) is 5.21 Å². The minimum Gasteiger partial charge on any atom is -0.378 e. The predicted molar refractivity (Wildman–Crippen MR) is 66.4 cm³/mol. The summed E-state index contributed by atoms with van der Waals surface area (Å²) < 4.78 is 5.45. The summed E-state index contributed by atoms with van der Waals surface area (Å²) in [5.74, 6) is 0.0925. The fourth-order valence-electron chi connectivity index (χ4n) is 2.92. The number of carbonyl (C=O) groups is 1. The molecular weight excluding hydrogens is 248 g/mol. The topological polar surface area (TPSA) is 96.0 Å². The van der Waals surface area contributed by atoms with Gasteiger partial charge in [-0.1, -0.05) is 17.9 Å². The van der Waals surface area contributed by atoms with Crippen molar-refractivity contribution in [2.75, 3.05) is 25.1 Å². The summed E-state index contributed by atoms with van der Waals surface area (Å²) in [5.41, 5.74) is 0.